The molecule has 0 aromatic heterocycles. The summed E-state index contributed by atoms with van der Waals surface area (Å²) < 4.78 is 0. The van der Waals surface area contributed by atoms with E-state index in [1.807, 2.05) is 36.4 Å². The molecule has 152 valence electrons. The maximum Gasteiger partial charge on any atom is 0.335 e. The summed E-state index contributed by atoms with van der Waals surface area (Å²) in [4.78, 5) is 23.3. The molecule has 1 fully saturated rings. The van der Waals surface area contributed by atoms with Gasteiger partial charge in [0.25, 0.3) is 0 Å². The van der Waals surface area contributed by atoms with Gasteiger partial charge in [-0.25, -0.2) is 4.79 Å². The average molecular weight is 413 g/mol. The summed E-state index contributed by atoms with van der Waals surface area (Å²) in [6.07, 6.45) is 6.48. The lowest BCUT2D eigenvalue weighted by molar-refractivity contribution is -0.121. The average Bonchev–Trinajstić information content (AvgIpc) is 3.04. The van der Waals surface area contributed by atoms with Crippen LogP contribution in [0.5, 0.6) is 0 Å². The van der Waals surface area contributed by atoms with Crippen molar-refractivity contribution in [1.82, 2.24) is 0 Å². The number of aromatic carboxylic acids is 1. The van der Waals surface area contributed by atoms with Gasteiger partial charge in [-0.2, -0.15) is 0 Å². The molecule has 3 rings (SSSR count). The lowest BCUT2D eigenvalue weighted by Gasteiger charge is -2.16. The molecule has 2 N–H and O–H groups in total. The van der Waals surface area contributed by atoms with E-state index in [-0.39, 0.29) is 23.2 Å². The highest BCUT2D eigenvalue weighted by molar-refractivity contribution is 6.30. The molecule has 2 aromatic carbocycles. The zero-order valence-electron chi connectivity index (χ0n) is 16.1. The van der Waals surface area contributed by atoms with Crippen LogP contribution in [0, 0.1) is 11.8 Å². The Morgan fingerprint density at radius 2 is 1.93 bits per heavy atom. The number of aliphatic hydroxyl groups excluding tert-OH is 1. The van der Waals surface area contributed by atoms with Gasteiger partial charge in [-0.05, 0) is 60.6 Å². The molecule has 1 saturated carbocycles. The number of halogens is 1. The molecule has 0 bridgehead atoms. The lowest BCUT2D eigenvalue weighted by atomic mass is 9.88. The van der Waals surface area contributed by atoms with Gasteiger partial charge in [0.1, 0.15) is 5.78 Å². The second-order valence-electron chi connectivity index (χ2n) is 7.60. The number of carboxylic acids is 1. The van der Waals surface area contributed by atoms with Crippen molar-refractivity contribution in [2.24, 2.45) is 11.8 Å². The molecule has 0 heterocycles. The Hall–Kier alpha value is -2.43. The third-order valence-electron chi connectivity index (χ3n) is 5.51. The van der Waals surface area contributed by atoms with E-state index in [2.05, 4.69) is 0 Å². The van der Waals surface area contributed by atoms with Crippen molar-refractivity contribution in [3.63, 3.8) is 0 Å². The summed E-state index contributed by atoms with van der Waals surface area (Å²) in [7, 11) is 0. The zero-order chi connectivity index (χ0) is 20.8. The highest BCUT2D eigenvalue weighted by Crippen LogP contribution is 2.33. The van der Waals surface area contributed by atoms with Crippen molar-refractivity contribution in [2.45, 2.75) is 38.2 Å². The molecule has 5 heteroatoms. The summed E-state index contributed by atoms with van der Waals surface area (Å²) >= 11 is 5.99. The van der Waals surface area contributed by atoms with Crippen LogP contribution < -0.4 is 0 Å². The monoisotopic (exact) mass is 412 g/mol. The van der Waals surface area contributed by atoms with Crippen LogP contribution in [0.15, 0.2) is 60.7 Å². The normalized spacial score (nSPS) is 20.3. The molecule has 3 atom stereocenters. The third kappa shape index (κ3) is 6.02. The Kier molecular flexibility index (Phi) is 7.24. The van der Waals surface area contributed by atoms with Gasteiger partial charge in [0.15, 0.2) is 0 Å². The summed E-state index contributed by atoms with van der Waals surface area (Å²) in [5, 5.41) is 20.0. The second-order valence-corrected chi connectivity index (χ2v) is 8.04. The number of hydrogen-bond donors (Lipinski definition) is 2. The topological polar surface area (TPSA) is 74.6 Å². The van der Waals surface area contributed by atoms with Crippen molar-refractivity contribution in [3.8, 4) is 0 Å². The van der Waals surface area contributed by atoms with E-state index in [4.69, 9.17) is 16.7 Å². The number of allylic oxidation sites excluding steroid dienone is 1. The van der Waals surface area contributed by atoms with Crippen LogP contribution in [0.1, 0.15) is 40.7 Å². The van der Waals surface area contributed by atoms with Gasteiger partial charge in [0.2, 0.25) is 0 Å². The molecule has 0 amide bonds. The molecule has 1 aliphatic rings. The number of aliphatic hydroxyl groups is 1. The minimum Gasteiger partial charge on any atom is -0.478 e. The first-order valence-electron chi connectivity index (χ1n) is 9.88. The third-order valence-corrected chi connectivity index (χ3v) is 5.75. The minimum atomic E-state index is -0.941. The van der Waals surface area contributed by atoms with Crippen molar-refractivity contribution in [3.05, 3.63) is 82.4 Å². The highest BCUT2D eigenvalue weighted by atomic mass is 35.5. The van der Waals surface area contributed by atoms with E-state index in [1.165, 1.54) is 0 Å². The molecule has 0 aliphatic heterocycles. The van der Waals surface area contributed by atoms with Crippen LogP contribution in [0.2, 0.25) is 5.02 Å². The van der Waals surface area contributed by atoms with Gasteiger partial charge in [-0.1, -0.05) is 48.0 Å². The lowest BCUT2D eigenvalue weighted by Crippen LogP contribution is -2.15. The fourth-order valence-corrected chi connectivity index (χ4v) is 4.13. The van der Waals surface area contributed by atoms with Gasteiger partial charge in [0.05, 0.1) is 11.7 Å². The Bertz CT molecular complexity index is 888. The van der Waals surface area contributed by atoms with Crippen LogP contribution in [0.4, 0.5) is 0 Å². The SMILES string of the molecule is O=C(O)c1ccc(CCC2C(=O)CCC2/C=C/C(O)Cc2cccc(Cl)c2)cc1. The largest absolute Gasteiger partial charge is 0.478 e. The fourth-order valence-electron chi connectivity index (χ4n) is 3.92. The second kappa shape index (κ2) is 9.86. The summed E-state index contributed by atoms with van der Waals surface area (Å²) in [6.45, 7) is 0. The van der Waals surface area contributed by atoms with Gasteiger partial charge < -0.3 is 10.2 Å². The van der Waals surface area contributed by atoms with Crippen LogP contribution in [0.3, 0.4) is 0 Å². The molecule has 4 nitrogen and oxygen atoms in total. The predicted molar refractivity (Wildman–Crippen MR) is 113 cm³/mol. The van der Waals surface area contributed by atoms with E-state index in [9.17, 15) is 14.7 Å². The molecular formula is C24H25ClO4. The number of benzene rings is 2. The standard InChI is InChI=1S/C24H25ClO4/c25-20-3-1-2-17(14-20)15-21(26)11-9-18-10-13-23(27)22(18)12-6-16-4-7-19(8-5-16)24(28)29/h1-5,7-9,11,14,18,21-22,26H,6,10,12-13,15H2,(H,28,29)/b11-9+. The first kappa shape index (κ1) is 21.3. The fraction of sp³-hybridized carbons (Fsp3) is 0.333. The maximum absolute atomic E-state index is 12.3. The van der Waals surface area contributed by atoms with Crippen LogP contribution in [-0.4, -0.2) is 28.1 Å². The first-order chi connectivity index (χ1) is 13.9. The molecule has 1 aliphatic carbocycles. The van der Waals surface area contributed by atoms with Crippen molar-refractivity contribution in [1.29, 1.82) is 0 Å². The molecule has 3 unspecified atom stereocenters. The maximum atomic E-state index is 12.3. The number of aryl methyl sites for hydroxylation is 1. The van der Waals surface area contributed by atoms with Gasteiger partial charge in [-0.3, -0.25) is 4.79 Å². The molecule has 29 heavy (non-hydrogen) atoms. The Morgan fingerprint density at radius 3 is 2.62 bits per heavy atom. The minimum absolute atomic E-state index is 0.0521. The Morgan fingerprint density at radius 1 is 1.17 bits per heavy atom. The number of Topliss-reactive ketones (excluding diaryl/α,β-unsaturated/α-hetero) is 1. The predicted octanol–water partition coefficient (Wildman–Crippen LogP) is 4.73. The summed E-state index contributed by atoms with van der Waals surface area (Å²) in [5.41, 5.74) is 2.26. The first-order valence-corrected chi connectivity index (χ1v) is 10.3. The van der Waals surface area contributed by atoms with Gasteiger partial charge in [-0.15, -0.1) is 0 Å². The van der Waals surface area contributed by atoms with Gasteiger partial charge >= 0.3 is 5.97 Å². The quantitative estimate of drug-likeness (QED) is 0.615. The number of rotatable bonds is 8. The van der Waals surface area contributed by atoms with E-state index in [0.29, 0.717) is 17.9 Å². The highest BCUT2D eigenvalue weighted by Gasteiger charge is 2.32. The van der Waals surface area contributed by atoms with Crippen LogP contribution in [-0.2, 0) is 17.6 Å². The summed E-state index contributed by atoms with van der Waals surface area (Å²) in [6, 6.07) is 14.2. The van der Waals surface area contributed by atoms with Crippen LogP contribution >= 0.6 is 11.6 Å². The molecular weight excluding hydrogens is 388 g/mol. The van der Waals surface area contributed by atoms with E-state index < -0.39 is 12.1 Å². The smallest absolute Gasteiger partial charge is 0.335 e. The van der Waals surface area contributed by atoms with Gasteiger partial charge in [0, 0.05) is 23.8 Å². The number of carbonyl (C=O) groups excluding carboxylic acids is 1. The summed E-state index contributed by atoms with van der Waals surface area (Å²) in [5.74, 6) is -0.589. The number of carbonyl (C=O) groups is 2. The number of carboxylic acid groups (broad SMARTS) is 1. The van der Waals surface area contributed by atoms with Crippen LogP contribution in [0.25, 0.3) is 0 Å². The van der Waals surface area contributed by atoms with E-state index in [1.54, 1.807) is 24.3 Å². The number of hydrogen-bond acceptors (Lipinski definition) is 3. The Labute approximate surface area is 175 Å². The Balaban J connectivity index is 1.56. The van der Waals surface area contributed by atoms with Crippen molar-refractivity contribution >= 4 is 23.4 Å². The zero-order valence-corrected chi connectivity index (χ0v) is 16.9. The van der Waals surface area contributed by atoms with E-state index in [0.717, 1.165) is 30.4 Å². The van der Waals surface area contributed by atoms with Crippen molar-refractivity contribution < 1.29 is 19.8 Å². The van der Waals surface area contributed by atoms with Crippen molar-refractivity contribution in [2.75, 3.05) is 0 Å². The molecule has 0 spiro atoms. The van der Waals surface area contributed by atoms with E-state index >= 15 is 0 Å². The number of ketones is 1. The molecule has 0 radical (unpaired) electrons. The molecule has 0 saturated heterocycles. The molecule has 2 aromatic rings.